The molecule has 0 heterocycles. The first-order valence-electron chi connectivity index (χ1n) is 21.2. The third-order valence-corrected chi connectivity index (χ3v) is 12.0. The molecule has 0 fully saturated rings. The monoisotopic (exact) mass is 790 g/mol. The van der Waals surface area contributed by atoms with Crippen molar-refractivity contribution in [3.05, 3.63) is 255 Å². The van der Waals surface area contributed by atoms with Crippen LogP contribution < -0.4 is 9.80 Å². The highest BCUT2D eigenvalue weighted by molar-refractivity contribution is 6.10. The number of anilines is 6. The number of nitrogens with zero attached hydrogens (tertiary/aromatic N) is 2. The summed E-state index contributed by atoms with van der Waals surface area (Å²) in [6.07, 6.45) is 0. The Morgan fingerprint density at radius 1 is 0.194 bits per heavy atom. The largest absolute Gasteiger partial charge is 0.311 e. The van der Waals surface area contributed by atoms with Crippen molar-refractivity contribution in [1.29, 1.82) is 0 Å². The van der Waals surface area contributed by atoms with Crippen molar-refractivity contribution in [1.82, 2.24) is 0 Å². The lowest BCUT2D eigenvalue weighted by Gasteiger charge is -2.27. The zero-order valence-corrected chi connectivity index (χ0v) is 34.1. The Morgan fingerprint density at radius 3 is 1.18 bits per heavy atom. The average molecular weight is 791 g/mol. The fraction of sp³-hybridized carbons (Fsp3) is 0. The third-order valence-electron chi connectivity index (χ3n) is 12.0. The van der Waals surface area contributed by atoms with Crippen molar-refractivity contribution in [2.45, 2.75) is 0 Å². The van der Waals surface area contributed by atoms with Gasteiger partial charge in [0.25, 0.3) is 0 Å². The van der Waals surface area contributed by atoms with Crippen molar-refractivity contribution in [2.24, 2.45) is 0 Å². The first-order valence-corrected chi connectivity index (χ1v) is 21.2. The Balaban J connectivity index is 0.924. The molecule has 292 valence electrons. The summed E-state index contributed by atoms with van der Waals surface area (Å²) < 4.78 is 0. The minimum atomic E-state index is 1.10. The summed E-state index contributed by atoms with van der Waals surface area (Å²) in [6.45, 7) is 0. The molecule has 0 radical (unpaired) electrons. The number of para-hydroxylation sites is 1. The highest BCUT2D eigenvalue weighted by Gasteiger charge is 2.17. The molecule has 0 bridgehead atoms. The lowest BCUT2D eigenvalue weighted by atomic mass is 9.96. The molecular weight excluding hydrogens is 749 g/mol. The molecule has 0 saturated carbocycles. The Morgan fingerprint density at radius 2 is 0.597 bits per heavy atom. The van der Waals surface area contributed by atoms with Crippen LogP contribution in [0.25, 0.3) is 65.7 Å². The van der Waals surface area contributed by atoms with Gasteiger partial charge in [0.2, 0.25) is 0 Å². The molecule has 11 aromatic rings. The molecule has 11 rings (SSSR count). The van der Waals surface area contributed by atoms with E-state index < -0.39 is 0 Å². The molecular formula is C60H42N2. The van der Waals surface area contributed by atoms with E-state index in [0.29, 0.717) is 0 Å². The molecule has 0 atom stereocenters. The van der Waals surface area contributed by atoms with Crippen LogP contribution in [0.1, 0.15) is 0 Å². The van der Waals surface area contributed by atoms with E-state index in [9.17, 15) is 0 Å². The second-order valence-corrected chi connectivity index (χ2v) is 15.8. The maximum absolute atomic E-state index is 2.37. The predicted octanol–water partition coefficient (Wildman–Crippen LogP) is 17.1. The van der Waals surface area contributed by atoms with Crippen LogP contribution in [0.2, 0.25) is 0 Å². The van der Waals surface area contributed by atoms with Crippen molar-refractivity contribution in [3.8, 4) is 33.4 Å². The van der Waals surface area contributed by atoms with Crippen LogP contribution in [0.3, 0.4) is 0 Å². The summed E-state index contributed by atoms with van der Waals surface area (Å²) in [4.78, 5) is 4.71. The van der Waals surface area contributed by atoms with Crippen LogP contribution >= 0.6 is 0 Å². The second kappa shape index (κ2) is 16.1. The van der Waals surface area contributed by atoms with Gasteiger partial charge in [-0.1, -0.05) is 182 Å². The summed E-state index contributed by atoms with van der Waals surface area (Å²) >= 11 is 0. The van der Waals surface area contributed by atoms with Gasteiger partial charge in [0.05, 0.1) is 5.69 Å². The lowest BCUT2D eigenvalue weighted by molar-refractivity contribution is 1.28. The molecule has 2 nitrogen and oxygen atoms in total. The van der Waals surface area contributed by atoms with E-state index in [1.165, 1.54) is 65.7 Å². The summed E-state index contributed by atoms with van der Waals surface area (Å²) in [5, 5.41) is 7.37. The zero-order chi connectivity index (χ0) is 41.2. The topological polar surface area (TPSA) is 6.48 Å². The third kappa shape index (κ3) is 7.04. The molecule has 0 aliphatic heterocycles. The van der Waals surface area contributed by atoms with Gasteiger partial charge in [-0.05, 0) is 133 Å². The molecule has 0 aromatic heterocycles. The van der Waals surface area contributed by atoms with Gasteiger partial charge in [-0.3, -0.25) is 0 Å². The minimum Gasteiger partial charge on any atom is -0.311 e. The van der Waals surface area contributed by atoms with E-state index in [2.05, 4.69) is 265 Å². The molecule has 62 heavy (non-hydrogen) atoms. The van der Waals surface area contributed by atoms with Crippen molar-refractivity contribution < 1.29 is 0 Å². The molecule has 2 heteroatoms. The minimum absolute atomic E-state index is 1.10. The number of fused-ring (bicyclic) bond motifs is 4. The van der Waals surface area contributed by atoms with Crippen LogP contribution in [0.4, 0.5) is 34.1 Å². The van der Waals surface area contributed by atoms with Gasteiger partial charge in [0.15, 0.2) is 0 Å². The SMILES string of the molecule is c1ccc(-c2ccc(N(c3ccc(-c4ccccc4)cc3)c3ccc(-c4ccc5c(ccc6cc(N(c7ccccc7)c7cccc8ccccc78)ccc65)c4)cc3)cc2)cc1. The number of hydrogen-bond acceptors (Lipinski definition) is 2. The lowest BCUT2D eigenvalue weighted by Crippen LogP contribution is -2.10. The Kier molecular flexibility index (Phi) is 9.57. The molecule has 0 unspecified atom stereocenters. The van der Waals surface area contributed by atoms with E-state index in [1.807, 2.05) is 0 Å². The number of rotatable bonds is 9. The zero-order valence-electron chi connectivity index (χ0n) is 34.1. The van der Waals surface area contributed by atoms with E-state index in [0.717, 1.165) is 34.1 Å². The first-order chi connectivity index (χ1) is 30.7. The summed E-state index contributed by atoms with van der Waals surface area (Å²) in [5.74, 6) is 0. The van der Waals surface area contributed by atoms with Gasteiger partial charge in [0.1, 0.15) is 0 Å². The Bertz CT molecular complexity index is 3220. The van der Waals surface area contributed by atoms with Crippen molar-refractivity contribution in [3.63, 3.8) is 0 Å². The first kappa shape index (κ1) is 36.8. The number of hydrogen-bond donors (Lipinski definition) is 0. The summed E-state index contributed by atoms with van der Waals surface area (Å²) in [6, 6.07) is 92.0. The smallest absolute Gasteiger partial charge is 0.0540 e. The highest BCUT2D eigenvalue weighted by Crippen LogP contribution is 2.42. The predicted molar refractivity (Wildman–Crippen MR) is 265 cm³/mol. The summed E-state index contributed by atoms with van der Waals surface area (Å²) in [7, 11) is 0. The quantitative estimate of drug-likeness (QED) is 0.134. The fourth-order valence-corrected chi connectivity index (χ4v) is 8.90. The maximum Gasteiger partial charge on any atom is 0.0540 e. The van der Waals surface area contributed by atoms with Crippen LogP contribution in [-0.2, 0) is 0 Å². The molecule has 11 aromatic carbocycles. The normalized spacial score (nSPS) is 11.2. The Hall–Kier alpha value is -8.20. The van der Waals surface area contributed by atoms with Crippen LogP contribution in [0.5, 0.6) is 0 Å². The van der Waals surface area contributed by atoms with Gasteiger partial charge >= 0.3 is 0 Å². The van der Waals surface area contributed by atoms with Crippen molar-refractivity contribution >= 4 is 66.4 Å². The van der Waals surface area contributed by atoms with Crippen LogP contribution in [-0.4, -0.2) is 0 Å². The molecule has 0 amide bonds. The van der Waals surface area contributed by atoms with E-state index in [-0.39, 0.29) is 0 Å². The molecule has 0 aliphatic carbocycles. The van der Waals surface area contributed by atoms with Gasteiger partial charge < -0.3 is 9.80 Å². The van der Waals surface area contributed by atoms with E-state index in [4.69, 9.17) is 0 Å². The van der Waals surface area contributed by atoms with E-state index in [1.54, 1.807) is 0 Å². The van der Waals surface area contributed by atoms with Gasteiger partial charge in [-0.2, -0.15) is 0 Å². The maximum atomic E-state index is 2.37. The fourth-order valence-electron chi connectivity index (χ4n) is 8.90. The van der Waals surface area contributed by atoms with E-state index >= 15 is 0 Å². The van der Waals surface area contributed by atoms with Gasteiger partial charge in [-0.25, -0.2) is 0 Å². The highest BCUT2D eigenvalue weighted by atomic mass is 15.1. The molecule has 0 saturated heterocycles. The van der Waals surface area contributed by atoms with Gasteiger partial charge in [0, 0.05) is 33.8 Å². The van der Waals surface area contributed by atoms with Crippen LogP contribution in [0, 0.1) is 0 Å². The van der Waals surface area contributed by atoms with Crippen molar-refractivity contribution in [2.75, 3.05) is 9.80 Å². The Labute approximate surface area is 362 Å². The molecule has 0 spiro atoms. The average Bonchev–Trinajstić information content (AvgIpc) is 3.35. The summed E-state index contributed by atoms with van der Waals surface area (Å²) in [5.41, 5.74) is 13.9. The van der Waals surface area contributed by atoms with Gasteiger partial charge in [-0.15, -0.1) is 0 Å². The number of benzene rings is 11. The molecule has 0 N–H and O–H groups in total. The van der Waals surface area contributed by atoms with Crippen LogP contribution in [0.15, 0.2) is 255 Å². The standard InChI is InChI=1S/C60H42N2/c1-4-13-43(14-5-1)45-25-32-53(33-26-45)61(54-34-27-46(28-35-54)44-15-6-2-7-16-44)55-36-29-47(30-37-55)49-31-39-57-50(41-49)23-24-51-42-56(38-40-58(51)57)62(52-19-8-3-9-20-52)60-22-12-18-48-17-10-11-21-59(48)60/h1-42H. The second-order valence-electron chi connectivity index (χ2n) is 15.8. The molecule has 0 aliphatic rings.